The van der Waals surface area contributed by atoms with Crippen LogP contribution in [0.2, 0.25) is 0 Å². The Bertz CT molecular complexity index is 990. The van der Waals surface area contributed by atoms with Crippen molar-refractivity contribution in [2.75, 3.05) is 13.7 Å². The van der Waals surface area contributed by atoms with Crippen molar-refractivity contribution in [1.29, 1.82) is 5.41 Å². The van der Waals surface area contributed by atoms with Gasteiger partial charge in [-0.2, -0.15) is 13.2 Å². The molecule has 1 atom stereocenters. The van der Waals surface area contributed by atoms with E-state index >= 15 is 0 Å². The van der Waals surface area contributed by atoms with Gasteiger partial charge in [0.15, 0.2) is 4.90 Å². The molecule has 0 aliphatic rings. The number of hydrogen-bond acceptors (Lipinski definition) is 6. The van der Waals surface area contributed by atoms with Crippen molar-refractivity contribution in [3.63, 3.8) is 0 Å². The lowest BCUT2D eigenvalue weighted by Crippen LogP contribution is -2.24. The van der Waals surface area contributed by atoms with E-state index in [4.69, 9.17) is 15.3 Å². The fourth-order valence-corrected chi connectivity index (χ4v) is 5.05. The highest BCUT2D eigenvalue weighted by Crippen LogP contribution is 2.32. The first-order valence-corrected chi connectivity index (χ1v) is 11.6. The Morgan fingerprint density at radius 2 is 2.06 bits per heavy atom. The first-order chi connectivity index (χ1) is 15.0. The Morgan fingerprint density at radius 3 is 2.66 bits per heavy atom. The molecule has 0 bridgehead atoms. The number of unbranched alkanes of at least 4 members (excludes halogenated alkanes) is 1. The van der Waals surface area contributed by atoms with Crippen molar-refractivity contribution in [2.24, 2.45) is 0 Å². The molecule has 0 saturated carbocycles. The number of nitrogens with one attached hydrogen (secondary N) is 2. The predicted octanol–water partition coefficient (Wildman–Crippen LogP) is 4.75. The van der Waals surface area contributed by atoms with Crippen LogP contribution in [-0.2, 0) is 22.4 Å². The van der Waals surface area contributed by atoms with Gasteiger partial charge >= 0.3 is 12.1 Å². The lowest BCUT2D eigenvalue weighted by Gasteiger charge is -2.12. The standard InChI is InChI=1S/C21H23F3N2O4S2/c1-3-4-7-30-14-8-13(10-19(27)28)9-15(11-14)32(29)20-6-5-17(31-20)16(25)12-18(26-2)21(22,23)24/h5-6,8-9,11-12,25-26H,3-4,7,10H2,1-2H3,(H,27,28)/b18-12-,25-16?. The maximum absolute atomic E-state index is 13.1. The number of aliphatic carboxylic acids is 1. The highest BCUT2D eigenvalue weighted by atomic mass is 32.2. The fraction of sp³-hybridized carbons (Fsp3) is 0.333. The number of carboxylic acids is 1. The minimum Gasteiger partial charge on any atom is -0.606 e. The first kappa shape index (κ1) is 25.8. The summed E-state index contributed by atoms with van der Waals surface area (Å²) >= 11 is -0.794. The monoisotopic (exact) mass is 488 g/mol. The number of ether oxygens (including phenoxy) is 1. The topological polar surface area (TPSA) is 105 Å². The highest BCUT2D eigenvalue weighted by molar-refractivity contribution is 7.93. The van der Waals surface area contributed by atoms with Crippen LogP contribution in [0.25, 0.3) is 0 Å². The Kier molecular flexibility index (Phi) is 9.17. The highest BCUT2D eigenvalue weighted by Gasteiger charge is 2.33. The molecule has 0 aliphatic heterocycles. The number of carboxylic acid groups (broad SMARTS) is 1. The van der Waals surface area contributed by atoms with Gasteiger partial charge in [0.2, 0.25) is 4.21 Å². The summed E-state index contributed by atoms with van der Waals surface area (Å²) in [5.41, 5.74) is -1.01. The van der Waals surface area contributed by atoms with Crippen molar-refractivity contribution in [1.82, 2.24) is 5.32 Å². The van der Waals surface area contributed by atoms with Crippen LogP contribution in [0, 0.1) is 5.41 Å². The molecule has 3 N–H and O–H groups in total. The Labute approximate surface area is 190 Å². The van der Waals surface area contributed by atoms with Gasteiger partial charge in [-0.3, -0.25) is 10.2 Å². The van der Waals surface area contributed by atoms with Crippen LogP contribution in [0.3, 0.4) is 0 Å². The van der Waals surface area contributed by atoms with Crippen molar-refractivity contribution >= 4 is 34.2 Å². The summed E-state index contributed by atoms with van der Waals surface area (Å²) in [5, 5.41) is 19.1. The molecule has 11 heteroatoms. The fourth-order valence-electron chi connectivity index (χ4n) is 2.62. The maximum atomic E-state index is 13.1. The molecule has 0 amide bonds. The normalized spacial score (nSPS) is 13.0. The van der Waals surface area contributed by atoms with E-state index in [1.54, 1.807) is 12.1 Å². The average molecular weight is 489 g/mol. The van der Waals surface area contributed by atoms with E-state index in [0.717, 1.165) is 31.2 Å². The summed E-state index contributed by atoms with van der Waals surface area (Å²) in [7, 11) is 1.12. The molecule has 32 heavy (non-hydrogen) atoms. The van der Waals surface area contributed by atoms with Crippen LogP contribution < -0.4 is 10.1 Å². The summed E-state index contributed by atoms with van der Waals surface area (Å²) in [5.74, 6) is -0.645. The smallest absolute Gasteiger partial charge is 0.430 e. The van der Waals surface area contributed by atoms with E-state index in [2.05, 4.69) is 0 Å². The molecule has 0 aliphatic carbocycles. The summed E-state index contributed by atoms with van der Waals surface area (Å²) in [4.78, 5) is 11.7. The van der Waals surface area contributed by atoms with Crippen LogP contribution >= 0.6 is 11.3 Å². The first-order valence-electron chi connectivity index (χ1n) is 9.60. The Hall–Kier alpha value is -2.50. The molecule has 1 aromatic heterocycles. The van der Waals surface area contributed by atoms with Gasteiger partial charge in [-0.1, -0.05) is 24.7 Å². The molecule has 174 valence electrons. The number of thiophene rings is 1. The van der Waals surface area contributed by atoms with Gasteiger partial charge in [0.05, 0.1) is 23.6 Å². The zero-order valence-corrected chi connectivity index (χ0v) is 19.0. The summed E-state index contributed by atoms with van der Waals surface area (Å²) in [6.07, 6.45) is -2.51. The molecular weight excluding hydrogens is 465 g/mol. The van der Waals surface area contributed by atoms with Gasteiger partial charge in [-0.05, 0) is 36.3 Å². The third kappa shape index (κ3) is 7.28. The minimum atomic E-state index is -4.62. The predicted molar refractivity (Wildman–Crippen MR) is 117 cm³/mol. The van der Waals surface area contributed by atoms with Gasteiger partial charge in [0.25, 0.3) is 0 Å². The van der Waals surface area contributed by atoms with Crippen LogP contribution in [0.1, 0.15) is 30.2 Å². The van der Waals surface area contributed by atoms with Gasteiger partial charge in [-0.25, -0.2) is 0 Å². The van der Waals surface area contributed by atoms with Crippen molar-refractivity contribution in [3.8, 4) is 5.75 Å². The number of allylic oxidation sites excluding steroid dienone is 2. The molecule has 0 spiro atoms. The van der Waals surface area contributed by atoms with E-state index in [0.29, 0.717) is 33.1 Å². The Balaban J connectivity index is 2.30. The molecule has 2 rings (SSSR count). The van der Waals surface area contributed by atoms with Crippen LogP contribution in [0.5, 0.6) is 5.75 Å². The second-order valence-electron chi connectivity index (χ2n) is 6.69. The molecule has 1 unspecified atom stereocenters. The summed E-state index contributed by atoms with van der Waals surface area (Å²) in [6, 6.07) is 7.56. The molecule has 2 aromatic rings. The van der Waals surface area contributed by atoms with Gasteiger partial charge in [0.1, 0.15) is 11.4 Å². The van der Waals surface area contributed by atoms with Gasteiger partial charge in [0, 0.05) is 30.4 Å². The minimum absolute atomic E-state index is 0.214. The molecule has 0 radical (unpaired) electrons. The van der Waals surface area contributed by atoms with Crippen molar-refractivity contribution in [3.05, 3.63) is 52.5 Å². The zero-order chi connectivity index (χ0) is 23.9. The molecule has 1 heterocycles. The van der Waals surface area contributed by atoms with E-state index in [1.807, 2.05) is 12.2 Å². The van der Waals surface area contributed by atoms with Crippen LogP contribution in [0.15, 0.2) is 51.2 Å². The number of halogens is 3. The second-order valence-corrected chi connectivity index (χ2v) is 9.48. The van der Waals surface area contributed by atoms with Crippen molar-refractivity contribution in [2.45, 2.75) is 41.5 Å². The largest absolute Gasteiger partial charge is 0.606 e. The number of benzene rings is 1. The quantitative estimate of drug-likeness (QED) is 0.240. The van der Waals surface area contributed by atoms with E-state index in [1.165, 1.54) is 18.2 Å². The van der Waals surface area contributed by atoms with Crippen LogP contribution in [0.4, 0.5) is 13.2 Å². The SMILES string of the molecule is CCCCOc1cc(CC(=O)O)cc([S+]([O-])c2ccc(C(=N)/C=C(\NC)C(F)(F)F)s2)c1. The number of alkyl halides is 3. The van der Waals surface area contributed by atoms with E-state index < -0.39 is 29.0 Å². The molecule has 0 fully saturated rings. The number of rotatable bonds is 11. The van der Waals surface area contributed by atoms with E-state index in [-0.39, 0.29) is 17.0 Å². The van der Waals surface area contributed by atoms with E-state index in [9.17, 15) is 22.5 Å². The molecular formula is C21H23F3N2O4S2. The third-order valence-corrected chi connectivity index (χ3v) is 6.95. The van der Waals surface area contributed by atoms with Crippen molar-refractivity contribution < 1.29 is 32.4 Å². The summed E-state index contributed by atoms with van der Waals surface area (Å²) < 4.78 is 57.8. The summed E-state index contributed by atoms with van der Waals surface area (Å²) in [6.45, 7) is 2.43. The Morgan fingerprint density at radius 1 is 1.34 bits per heavy atom. The maximum Gasteiger partial charge on any atom is 0.430 e. The average Bonchev–Trinajstić information content (AvgIpc) is 3.20. The van der Waals surface area contributed by atoms with Gasteiger partial charge in [-0.15, -0.1) is 0 Å². The van der Waals surface area contributed by atoms with Crippen LogP contribution in [-0.4, -0.2) is 41.2 Å². The molecule has 1 aromatic carbocycles. The number of carbonyl (C=O) groups is 1. The molecule has 0 saturated heterocycles. The zero-order valence-electron chi connectivity index (χ0n) is 17.4. The number of hydrogen-bond donors (Lipinski definition) is 3. The molecule has 6 nitrogen and oxygen atoms in total. The third-order valence-electron chi connectivity index (χ3n) is 4.17. The lowest BCUT2D eigenvalue weighted by atomic mass is 10.1. The van der Waals surface area contributed by atoms with Gasteiger partial charge < -0.3 is 19.7 Å². The lowest BCUT2D eigenvalue weighted by molar-refractivity contribution is -0.136. The second kappa shape index (κ2) is 11.4.